The maximum Gasteiger partial charge on any atom is 0.416 e. The molecule has 0 aliphatic heterocycles. The van der Waals surface area contributed by atoms with Crippen LogP contribution in [0.2, 0.25) is 0 Å². The van der Waals surface area contributed by atoms with Gasteiger partial charge in [-0.15, -0.1) is 0 Å². The summed E-state index contributed by atoms with van der Waals surface area (Å²) in [4.78, 5) is 17.6. The molecule has 0 aliphatic rings. The minimum absolute atomic E-state index is 0.237. The van der Waals surface area contributed by atoms with E-state index < -0.39 is 27.7 Å². The molecule has 0 bridgehead atoms. The first kappa shape index (κ1) is 29.9. The largest absolute Gasteiger partial charge is 0.455 e. The predicted octanol–water partition coefficient (Wildman–Crippen LogP) is 6.56. The number of alkyl halides is 3. The van der Waals surface area contributed by atoms with Crippen molar-refractivity contribution < 1.29 is 30.8 Å². The Morgan fingerprint density at radius 2 is 1.64 bits per heavy atom. The monoisotopic (exact) mass is 633 g/mol. The van der Waals surface area contributed by atoms with Crippen LogP contribution in [-0.2, 0) is 16.2 Å². The molecule has 6 aromatic rings. The van der Waals surface area contributed by atoms with Gasteiger partial charge in [0, 0.05) is 42.2 Å². The molecule has 3 heterocycles. The minimum atomic E-state index is -4.48. The number of aromatic nitrogens is 3. The summed E-state index contributed by atoms with van der Waals surface area (Å²) < 4.78 is 73.8. The van der Waals surface area contributed by atoms with Gasteiger partial charge in [0.2, 0.25) is 10.0 Å². The number of nitrogens with one attached hydrogen (secondary N) is 1. The van der Waals surface area contributed by atoms with Gasteiger partial charge in [-0.3, -0.25) is 9.10 Å². The number of fused-ring (bicyclic) bond motifs is 2. The molecule has 0 fully saturated rings. The van der Waals surface area contributed by atoms with Gasteiger partial charge in [0.25, 0.3) is 5.91 Å². The lowest BCUT2D eigenvalue weighted by molar-refractivity contribution is -0.137. The standard InChI is InChI=1S/C32H26F3N5O4S/c1-18-5-7-20(8-6-18)30-29(31(41)36-2)23-15-22(25(16-27(23)44-30)39(3)45(4,42)43)24-13-14-28-37-17-26(40(28)38-24)19-9-11-21(12-10-19)32(33,34)35/h5-17H,1-4H3,(H,36,41). The molecule has 1 amide bonds. The van der Waals surface area contributed by atoms with Gasteiger partial charge < -0.3 is 9.73 Å². The van der Waals surface area contributed by atoms with Crippen LogP contribution < -0.4 is 9.62 Å². The molecular weight excluding hydrogens is 607 g/mol. The SMILES string of the molecule is CNC(=O)c1c(-c2ccc(C)cc2)oc2cc(N(C)S(C)(=O)=O)c(-c3ccc4ncc(-c5ccc(C(F)(F)F)cc5)n4n3)cc12. The number of amides is 1. The minimum Gasteiger partial charge on any atom is -0.455 e. The number of carbonyl (C=O) groups excluding carboxylic acids is 1. The lowest BCUT2D eigenvalue weighted by atomic mass is 10.0. The Hall–Kier alpha value is -5.17. The number of imidazole rings is 1. The van der Waals surface area contributed by atoms with Crippen LogP contribution in [0, 0.1) is 6.92 Å². The number of carbonyl (C=O) groups is 1. The number of furan rings is 1. The van der Waals surface area contributed by atoms with Crippen molar-refractivity contribution in [3.63, 3.8) is 0 Å². The summed E-state index contributed by atoms with van der Waals surface area (Å²) in [7, 11) is -0.862. The number of hydrogen-bond donors (Lipinski definition) is 1. The van der Waals surface area contributed by atoms with Crippen molar-refractivity contribution >= 4 is 38.2 Å². The van der Waals surface area contributed by atoms with E-state index in [0.717, 1.165) is 28.3 Å². The zero-order valence-electron chi connectivity index (χ0n) is 24.5. The van der Waals surface area contributed by atoms with Crippen LogP contribution in [-0.4, -0.2) is 49.3 Å². The van der Waals surface area contributed by atoms with Crippen molar-refractivity contribution in [3.8, 4) is 33.8 Å². The van der Waals surface area contributed by atoms with Crippen LogP contribution in [0.25, 0.3) is 50.5 Å². The van der Waals surface area contributed by atoms with Crippen LogP contribution in [0.1, 0.15) is 21.5 Å². The Kier molecular flexibility index (Phi) is 7.15. The normalized spacial score (nSPS) is 12.2. The Balaban J connectivity index is 1.59. The fourth-order valence-electron chi connectivity index (χ4n) is 5.08. The highest BCUT2D eigenvalue weighted by molar-refractivity contribution is 7.92. The van der Waals surface area contributed by atoms with Gasteiger partial charge in [-0.05, 0) is 37.3 Å². The first-order valence-corrected chi connectivity index (χ1v) is 15.5. The molecule has 230 valence electrons. The number of rotatable bonds is 6. The Morgan fingerprint density at radius 1 is 0.978 bits per heavy atom. The van der Waals surface area contributed by atoms with E-state index in [4.69, 9.17) is 9.52 Å². The summed E-state index contributed by atoms with van der Waals surface area (Å²) in [5.41, 5.74) is 3.67. The maximum atomic E-state index is 13.2. The van der Waals surface area contributed by atoms with Crippen LogP contribution in [0.3, 0.4) is 0 Å². The highest BCUT2D eigenvalue weighted by Gasteiger charge is 2.30. The zero-order valence-corrected chi connectivity index (χ0v) is 25.3. The highest BCUT2D eigenvalue weighted by atomic mass is 32.2. The van der Waals surface area contributed by atoms with Crippen LogP contribution in [0.15, 0.2) is 83.4 Å². The summed E-state index contributed by atoms with van der Waals surface area (Å²) in [5, 5.41) is 7.82. The van der Waals surface area contributed by atoms with E-state index >= 15 is 0 Å². The highest BCUT2D eigenvalue weighted by Crippen LogP contribution is 2.41. The number of anilines is 1. The second-order valence-corrected chi connectivity index (χ2v) is 12.6. The van der Waals surface area contributed by atoms with Crippen molar-refractivity contribution in [1.29, 1.82) is 0 Å². The van der Waals surface area contributed by atoms with E-state index in [1.807, 2.05) is 31.2 Å². The average Bonchev–Trinajstić information content (AvgIpc) is 3.60. The molecule has 0 aliphatic carbocycles. The Bertz CT molecular complexity index is 2200. The molecule has 0 saturated carbocycles. The van der Waals surface area contributed by atoms with E-state index in [-0.39, 0.29) is 16.8 Å². The molecule has 3 aromatic carbocycles. The van der Waals surface area contributed by atoms with Gasteiger partial charge >= 0.3 is 6.18 Å². The number of hydrogen-bond acceptors (Lipinski definition) is 6. The number of sulfonamides is 1. The van der Waals surface area contributed by atoms with E-state index in [1.54, 1.807) is 24.3 Å². The molecule has 1 N–H and O–H groups in total. The fraction of sp³-hybridized carbons (Fsp3) is 0.156. The van der Waals surface area contributed by atoms with E-state index in [2.05, 4.69) is 10.3 Å². The fourth-order valence-corrected chi connectivity index (χ4v) is 5.59. The van der Waals surface area contributed by atoms with Crippen LogP contribution >= 0.6 is 0 Å². The van der Waals surface area contributed by atoms with Crippen molar-refractivity contribution in [3.05, 3.63) is 95.7 Å². The Morgan fingerprint density at radius 3 is 2.27 bits per heavy atom. The van der Waals surface area contributed by atoms with Crippen molar-refractivity contribution in [2.45, 2.75) is 13.1 Å². The first-order chi connectivity index (χ1) is 21.3. The smallest absolute Gasteiger partial charge is 0.416 e. The van der Waals surface area contributed by atoms with Gasteiger partial charge in [0.1, 0.15) is 11.3 Å². The molecule has 13 heteroatoms. The van der Waals surface area contributed by atoms with Crippen LogP contribution in [0.5, 0.6) is 0 Å². The van der Waals surface area contributed by atoms with Crippen LogP contribution in [0.4, 0.5) is 18.9 Å². The second-order valence-electron chi connectivity index (χ2n) is 10.6. The number of benzene rings is 3. The van der Waals surface area contributed by atoms with Crippen molar-refractivity contribution in [1.82, 2.24) is 19.9 Å². The van der Waals surface area contributed by atoms with E-state index in [1.165, 1.54) is 36.9 Å². The van der Waals surface area contributed by atoms with Gasteiger partial charge in [-0.1, -0.05) is 42.0 Å². The number of aryl methyl sites for hydroxylation is 1. The molecule has 0 atom stereocenters. The zero-order chi connectivity index (χ0) is 32.3. The molecule has 0 spiro atoms. The predicted molar refractivity (Wildman–Crippen MR) is 165 cm³/mol. The molecule has 0 radical (unpaired) electrons. The topological polar surface area (TPSA) is 110 Å². The third-order valence-corrected chi connectivity index (χ3v) is 8.75. The van der Waals surface area contributed by atoms with E-state index in [9.17, 15) is 26.4 Å². The molecule has 6 rings (SSSR count). The summed E-state index contributed by atoms with van der Waals surface area (Å²) in [5.74, 6) is -0.0841. The molecule has 3 aromatic heterocycles. The summed E-state index contributed by atoms with van der Waals surface area (Å²) in [6.45, 7) is 1.94. The number of halogens is 3. The van der Waals surface area contributed by atoms with Crippen molar-refractivity contribution in [2.24, 2.45) is 0 Å². The molecule has 9 nitrogen and oxygen atoms in total. The van der Waals surface area contributed by atoms with Gasteiger partial charge in [-0.2, -0.15) is 18.3 Å². The van der Waals surface area contributed by atoms with Crippen molar-refractivity contribution in [2.75, 3.05) is 24.7 Å². The number of nitrogens with zero attached hydrogens (tertiary/aromatic N) is 4. The molecule has 0 unspecified atom stereocenters. The molecular formula is C32H26F3N5O4S. The first-order valence-electron chi connectivity index (χ1n) is 13.6. The Labute approximate surface area is 256 Å². The third kappa shape index (κ3) is 5.39. The molecule has 45 heavy (non-hydrogen) atoms. The average molecular weight is 634 g/mol. The van der Waals surface area contributed by atoms with E-state index in [0.29, 0.717) is 44.9 Å². The van der Waals surface area contributed by atoms with Gasteiger partial charge in [0.15, 0.2) is 5.65 Å². The summed E-state index contributed by atoms with van der Waals surface area (Å²) in [6, 6.07) is 18.6. The summed E-state index contributed by atoms with van der Waals surface area (Å²) >= 11 is 0. The quantitative estimate of drug-likeness (QED) is 0.223. The third-order valence-electron chi connectivity index (χ3n) is 7.56. The van der Waals surface area contributed by atoms with Gasteiger partial charge in [0.05, 0.1) is 40.7 Å². The lowest BCUT2D eigenvalue weighted by Crippen LogP contribution is -2.25. The summed E-state index contributed by atoms with van der Waals surface area (Å²) in [6.07, 6.45) is -1.93. The second kappa shape index (κ2) is 10.8. The lowest BCUT2D eigenvalue weighted by Gasteiger charge is -2.20. The van der Waals surface area contributed by atoms with Gasteiger partial charge in [-0.25, -0.2) is 17.9 Å². The maximum absolute atomic E-state index is 13.2. The molecule has 0 saturated heterocycles.